The summed E-state index contributed by atoms with van der Waals surface area (Å²) >= 11 is 3.05. The van der Waals surface area contributed by atoms with Crippen LogP contribution in [0.3, 0.4) is 0 Å². The van der Waals surface area contributed by atoms with Gasteiger partial charge in [0.2, 0.25) is 4.32 Å². The van der Waals surface area contributed by atoms with E-state index in [0.29, 0.717) is 6.42 Å². The highest BCUT2D eigenvalue weighted by atomic mass is 79.9. The Balaban J connectivity index is 2.89. The summed E-state index contributed by atoms with van der Waals surface area (Å²) in [6.45, 7) is 0. The Bertz CT molecular complexity index is 251. The van der Waals surface area contributed by atoms with E-state index in [2.05, 4.69) is 26.0 Å². The quantitative estimate of drug-likeness (QED) is 0.404. The van der Waals surface area contributed by atoms with E-state index in [0.717, 1.165) is 0 Å². The van der Waals surface area contributed by atoms with Crippen molar-refractivity contribution in [3.8, 4) is 0 Å². The van der Waals surface area contributed by atoms with E-state index >= 15 is 0 Å². The molecule has 5 heteroatoms. The molecule has 0 aromatic carbocycles. The van der Waals surface area contributed by atoms with E-state index < -0.39 is 16.2 Å². The first kappa shape index (κ1) is 9.25. The number of nitrogens with one attached hydrogen (secondary N) is 1. The first-order valence-corrected chi connectivity index (χ1v) is 4.14. The Labute approximate surface area is 78.1 Å². The molecule has 0 bridgehead atoms. The van der Waals surface area contributed by atoms with Gasteiger partial charge in [0.25, 0.3) is 5.91 Å². The summed E-state index contributed by atoms with van der Waals surface area (Å²) < 4.78 is 3.24. The summed E-state index contributed by atoms with van der Waals surface area (Å²) in [6, 6.07) is 0. The van der Waals surface area contributed by atoms with Crippen molar-refractivity contribution in [2.75, 3.05) is 7.11 Å². The van der Waals surface area contributed by atoms with Gasteiger partial charge in [-0.25, -0.2) is 4.79 Å². The SMILES string of the molecule is COC(=O)C1(Br)CC=CNC1=O. The number of hydrogen-bond acceptors (Lipinski definition) is 3. The van der Waals surface area contributed by atoms with Gasteiger partial charge in [0.15, 0.2) is 0 Å². The van der Waals surface area contributed by atoms with Crippen LogP contribution in [0.5, 0.6) is 0 Å². The second kappa shape index (κ2) is 3.26. The van der Waals surface area contributed by atoms with Crippen molar-refractivity contribution >= 4 is 27.8 Å². The van der Waals surface area contributed by atoms with Crippen molar-refractivity contribution in [3.63, 3.8) is 0 Å². The Kier molecular flexibility index (Phi) is 2.52. The molecule has 1 unspecified atom stereocenters. The fraction of sp³-hybridized carbons (Fsp3) is 0.429. The van der Waals surface area contributed by atoms with E-state index in [9.17, 15) is 9.59 Å². The van der Waals surface area contributed by atoms with Crippen LogP contribution in [0.2, 0.25) is 0 Å². The number of alkyl halides is 1. The van der Waals surface area contributed by atoms with Crippen LogP contribution in [-0.4, -0.2) is 23.3 Å². The fourth-order valence-electron chi connectivity index (χ4n) is 0.901. The third-order valence-corrected chi connectivity index (χ3v) is 2.61. The number of halogens is 1. The molecule has 0 spiro atoms. The van der Waals surface area contributed by atoms with Crippen LogP contribution in [0, 0.1) is 0 Å². The normalized spacial score (nSPS) is 28.0. The van der Waals surface area contributed by atoms with Crippen molar-refractivity contribution < 1.29 is 14.3 Å². The van der Waals surface area contributed by atoms with Gasteiger partial charge in [-0.3, -0.25) is 4.79 Å². The Morgan fingerprint density at radius 3 is 3.00 bits per heavy atom. The number of carbonyl (C=O) groups is 2. The Morgan fingerprint density at radius 1 is 1.83 bits per heavy atom. The summed E-state index contributed by atoms with van der Waals surface area (Å²) in [4.78, 5) is 22.3. The molecule has 1 aliphatic rings. The molecule has 0 aromatic rings. The summed E-state index contributed by atoms with van der Waals surface area (Å²) in [5, 5.41) is 2.42. The van der Waals surface area contributed by atoms with Gasteiger partial charge in [-0.1, -0.05) is 22.0 Å². The van der Waals surface area contributed by atoms with Gasteiger partial charge < -0.3 is 10.1 Å². The zero-order chi connectivity index (χ0) is 9.19. The highest BCUT2D eigenvalue weighted by Gasteiger charge is 2.44. The van der Waals surface area contributed by atoms with Crippen LogP contribution in [0.15, 0.2) is 12.3 Å². The largest absolute Gasteiger partial charge is 0.468 e. The summed E-state index contributed by atoms with van der Waals surface area (Å²) in [5.41, 5.74) is 0. The predicted molar refractivity (Wildman–Crippen MR) is 45.6 cm³/mol. The van der Waals surface area contributed by atoms with Crippen LogP contribution in [-0.2, 0) is 14.3 Å². The van der Waals surface area contributed by atoms with Crippen molar-refractivity contribution in [1.82, 2.24) is 5.32 Å². The maximum Gasteiger partial charge on any atom is 0.332 e. The van der Waals surface area contributed by atoms with Gasteiger partial charge in [0.05, 0.1) is 7.11 Å². The molecule has 1 heterocycles. The minimum absolute atomic E-state index is 0.311. The number of carbonyl (C=O) groups excluding carboxylic acids is 2. The highest BCUT2D eigenvalue weighted by molar-refractivity contribution is 9.10. The monoisotopic (exact) mass is 233 g/mol. The fourth-order valence-corrected chi connectivity index (χ4v) is 1.36. The van der Waals surface area contributed by atoms with Gasteiger partial charge in [0, 0.05) is 6.42 Å². The number of rotatable bonds is 1. The lowest BCUT2D eigenvalue weighted by atomic mass is 10.0. The number of ether oxygens (including phenoxy) is 1. The van der Waals surface area contributed by atoms with E-state index in [1.165, 1.54) is 13.3 Å². The standard InChI is InChI=1S/C7H8BrNO3/c1-12-6(11)7(8)3-2-4-9-5(7)10/h2,4H,3H2,1H3,(H,9,10). The maximum absolute atomic E-state index is 11.2. The van der Waals surface area contributed by atoms with Gasteiger partial charge in [-0.2, -0.15) is 0 Å². The lowest BCUT2D eigenvalue weighted by Gasteiger charge is -2.23. The van der Waals surface area contributed by atoms with Crippen molar-refractivity contribution in [2.24, 2.45) is 0 Å². The van der Waals surface area contributed by atoms with Crippen molar-refractivity contribution in [1.29, 1.82) is 0 Å². The second-order valence-electron chi connectivity index (χ2n) is 2.37. The van der Waals surface area contributed by atoms with Crippen LogP contribution < -0.4 is 5.32 Å². The number of amides is 1. The zero-order valence-electron chi connectivity index (χ0n) is 6.46. The van der Waals surface area contributed by atoms with E-state index in [4.69, 9.17) is 0 Å². The zero-order valence-corrected chi connectivity index (χ0v) is 8.05. The molecule has 1 rings (SSSR count). The van der Waals surface area contributed by atoms with Gasteiger partial charge in [-0.15, -0.1) is 0 Å². The second-order valence-corrected chi connectivity index (χ2v) is 3.73. The molecule has 1 amide bonds. The summed E-state index contributed by atoms with van der Waals surface area (Å²) in [7, 11) is 1.25. The molecule has 0 saturated carbocycles. The predicted octanol–water partition coefficient (Wildman–Crippen LogP) is 0.327. The lowest BCUT2D eigenvalue weighted by molar-refractivity contribution is -0.147. The lowest BCUT2D eigenvalue weighted by Crippen LogP contribution is -2.48. The summed E-state index contributed by atoms with van der Waals surface area (Å²) in [6.07, 6.45) is 3.50. The van der Waals surface area contributed by atoms with Gasteiger partial charge in [-0.05, 0) is 6.20 Å². The topological polar surface area (TPSA) is 55.4 Å². The van der Waals surface area contributed by atoms with Crippen LogP contribution in [0.1, 0.15) is 6.42 Å². The molecule has 1 aliphatic heterocycles. The number of methoxy groups -OCH3 is 1. The first-order valence-electron chi connectivity index (χ1n) is 3.34. The molecule has 0 aromatic heterocycles. The molecule has 0 fully saturated rings. The van der Waals surface area contributed by atoms with Crippen molar-refractivity contribution in [2.45, 2.75) is 10.7 Å². The molecule has 12 heavy (non-hydrogen) atoms. The van der Waals surface area contributed by atoms with E-state index in [-0.39, 0.29) is 0 Å². The Hall–Kier alpha value is -0.840. The average Bonchev–Trinajstić information content (AvgIpc) is 2.09. The van der Waals surface area contributed by atoms with E-state index in [1.54, 1.807) is 6.08 Å². The first-order chi connectivity index (χ1) is 5.61. The number of esters is 1. The van der Waals surface area contributed by atoms with Crippen molar-refractivity contribution in [3.05, 3.63) is 12.3 Å². The molecule has 1 N–H and O–H groups in total. The van der Waals surface area contributed by atoms with Crippen LogP contribution >= 0.6 is 15.9 Å². The molecule has 66 valence electrons. The van der Waals surface area contributed by atoms with E-state index in [1.807, 2.05) is 0 Å². The highest BCUT2D eigenvalue weighted by Crippen LogP contribution is 2.27. The third-order valence-electron chi connectivity index (χ3n) is 1.60. The maximum atomic E-state index is 11.2. The van der Waals surface area contributed by atoms with Gasteiger partial charge in [0.1, 0.15) is 0 Å². The van der Waals surface area contributed by atoms with Crippen LogP contribution in [0.4, 0.5) is 0 Å². The molecule has 0 saturated heterocycles. The molecule has 4 nitrogen and oxygen atoms in total. The number of allylic oxidation sites excluding steroid dienone is 1. The smallest absolute Gasteiger partial charge is 0.332 e. The summed E-state index contributed by atoms with van der Waals surface area (Å²) in [5.74, 6) is -0.971. The van der Waals surface area contributed by atoms with Crippen LogP contribution in [0.25, 0.3) is 0 Å². The minimum Gasteiger partial charge on any atom is -0.468 e. The molecule has 0 radical (unpaired) electrons. The molecule has 1 atom stereocenters. The molecular weight excluding hydrogens is 226 g/mol. The molecular formula is C7H8BrNO3. The van der Waals surface area contributed by atoms with Gasteiger partial charge >= 0.3 is 5.97 Å². The average molecular weight is 234 g/mol. The minimum atomic E-state index is -1.24. The Morgan fingerprint density at radius 2 is 2.50 bits per heavy atom. The number of hydrogen-bond donors (Lipinski definition) is 1. The third kappa shape index (κ3) is 1.36. The molecule has 0 aliphatic carbocycles.